The number of nitrogens with zero attached hydrogens (tertiary/aromatic N) is 1. The molecule has 0 unspecified atom stereocenters. The van der Waals surface area contributed by atoms with Crippen LogP contribution in [0.4, 0.5) is 0 Å². The van der Waals surface area contributed by atoms with Crippen molar-refractivity contribution in [3.05, 3.63) is 24.0 Å². The minimum atomic E-state index is 1.11. The largest absolute Gasteiger partial charge is 0.354 e. The van der Waals surface area contributed by atoms with Crippen molar-refractivity contribution in [1.29, 1.82) is 0 Å². The van der Waals surface area contributed by atoms with Gasteiger partial charge in [-0.05, 0) is 18.4 Å². The molecule has 1 nitrogen and oxygen atoms in total. The summed E-state index contributed by atoms with van der Waals surface area (Å²) in [5.41, 5.74) is 1.39. The molecule has 0 bridgehead atoms. The van der Waals surface area contributed by atoms with Crippen LogP contribution in [0.25, 0.3) is 0 Å². The molecular weight excluding hydrogens is 130 g/mol. The minimum absolute atomic E-state index is 1.11. The summed E-state index contributed by atoms with van der Waals surface area (Å²) >= 11 is 1.85. The number of rotatable bonds is 2. The predicted molar refractivity (Wildman–Crippen MR) is 42.6 cm³/mol. The molecule has 0 aliphatic heterocycles. The maximum Gasteiger partial charge on any atom is 0.0335 e. The van der Waals surface area contributed by atoms with Crippen LogP contribution in [0.2, 0.25) is 0 Å². The molecule has 1 heterocycles. The second-order valence-electron chi connectivity index (χ2n) is 2.04. The van der Waals surface area contributed by atoms with Crippen molar-refractivity contribution < 1.29 is 0 Å². The molecule has 9 heavy (non-hydrogen) atoms. The second-order valence-corrected chi connectivity index (χ2v) is 2.91. The van der Waals surface area contributed by atoms with Crippen molar-refractivity contribution in [3.8, 4) is 0 Å². The smallest absolute Gasteiger partial charge is 0.0335 e. The van der Waals surface area contributed by atoms with Gasteiger partial charge in [0.25, 0.3) is 0 Å². The fraction of sp³-hybridized carbons (Fsp3) is 0.429. The fourth-order valence-electron chi connectivity index (χ4n) is 0.794. The first-order chi connectivity index (χ1) is 4.34. The molecule has 0 amide bonds. The molecule has 0 N–H and O–H groups in total. The molecule has 0 radical (unpaired) electrons. The lowest BCUT2D eigenvalue weighted by atomic mass is 10.5. The Morgan fingerprint density at radius 2 is 2.44 bits per heavy atom. The number of thioether (sulfide) groups is 1. The van der Waals surface area contributed by atoms with E-state index in [9.17, 15) is 0 Å². The zero-order chi connectivity index (χ0) is 6.69. The Morgan fingerprint density at radius 1 is 1.67 bits per heavy atom. The second kappa shape index (κ2) is 2.97. The zero-order valence-corrected chi connectivity index (χ0v) is 6.61. The predicted octanol–water partition coefficient (Wildman–Crippen LogP) is 1.89. The normalized spacial score (nSPS) is 10.0. The van der Waals surface area contributed by atoms with Crippen LogP contribution < -0.4 is 0 Å². The van der Waals surface area contributed by atoms with Gasteiger partial charge in [-0.25, -0.2) is 0 Å². The maximum atomic E-state index is 2.15. The van der Waals surface area contributed by atoms with Crippen molar-refractivity contribution >= 4 is 11.8 Å². The van der Waals surface area contributed by atoms with Crippen molar-refractivity contribution in [2.45, 2.75) is 5.75 Å². The van der Waals surface area contributed by atoms with Crippen molar-refractivity contribution in [2.75, 3.05) is 6.26 Å². The van der Waals surface area contributed by atoms with E-state index in [4.69, 9.17) is 0 Å². The summed E-state index contributed by atoms with van der Waals surface area (Å²) < 4.78 is 2.15. The highest BCUT2D eigenvalue weighted by Gasteiger charge is 1.92. The minimum Gasteiger partial charge on any atom is -0.354 e. The first kappa shape index (κ1) is 6.75. The molecule has 2 heteroatoms. The van der Waals surface area contributed by atoms with E-state index in [1.54, 1.807) is 0 Å². The molecule has 0 spiro atoms. The Kier molecular flexibility index (Phi) is 2.22. The van der Waals surface area contributed by atoms with Crippen LogP contribution in [-0.2, 0) is 12.8 Å². The maximum absolute atomic E-state index is 2.15. The summed E-state index contributed by atoms with van der Waals surface area (Å²) in [5, 5.41) is 0. The van der Waals surface area contributed by atoms with Gasteiger partial charge in [-0.1, -0.05) is 0 Å². The number of hydrogen-bond acceptors (Lipinski definition) is 1. The fourth-order valence-corrected chi connectivity index (χ4v) is 1.39. The summed E-state index contributed by atoms with van der Waals surface area (Å²) in [7, 11) is 2.07. The summed E-state index contributed by atoms with van der Waals surface area (Å²) in [6.45, 7) is 0. The third-order valence-electron chi connectivity index (χ3n) is 1.34. The van der Waals surface area contributed by atoms with Gasteiger partial charge in [-0.15, -0.1) is 0 Å². The monoisotopic (exact) mass is 141 g/mol. The molecule has 50 valence electrons. The highest BCUT2D eigenvalue weighted by molar-refractivity contribution is 7.97. The summed E-state index contributed by atoms with van der Waals surface area (Å²) in [6.07, 6.45) is 4.19. The molecule has 0 aliphatic rings. The SMILES string of the molecule is CSCc1cccn1C. The number of hydrogen-bond donors (Lipinski definition) is 0. The van der Waals surface area contributed by atoms with Gasteiger partial charge in [-0.2, -0.15) is 11.8 Å². The van der Waals surface area contributed by atoms with Gasteiger partial charge >= 0.3 is 0 Å². The van der Waals surface area contributed by atoms with Crippen LogP contribution in [0.15, 0.2) is 18.3 Å². The van der Waals surface area contributed by atoms with E-state index >= 15 is 0 Å². The topological polar surface area (TPSA) is 4.93 Å². The van der Waals surface area contributed by atoms with Crippen molar-refractivity contribution in [1.82, 2.24) is 4.57 Å². The van der Waals surface area contributed by atoms with Crippen molar-refractivity contribution in [3.63, 3.8) is 0 Å². The Morgan fingerprint density at radius 3 is 2.89 bits per heavy atom. The quantitative estimate of drug-likeness (QED) is 0.609. The van der Waals surface area contributed by atoms with Crippen LogP contribution >= 0.6 is 11.8 Å². The average Bonchev–Trinajstić information content (AvgIpc) is 2.18. The average molecular weight is 141 g/mol. The zero-order valence-electron chi connectivity index (χ0n) is 5.79. The van der Waals surface area contributed by atoms with Crippen LogP contribution in [0.1, 0.15) is 5.69 Å². The van der Waals surface area contributed by atoms with Gasteiger partial charge in [0.05, 0.1) is 0 Å². The Labute approximate surface area is 60.1 Å². The van der Waals surface area contributed by atoms with E-state index in [0.29, 0.717) is 0 Å². The summed E-state index contributed by atoms with van der Waals surface area (Å²) in [4.78, 5) is 0. The van der Waals surface area contributed by atoms with E-state index in [0.717, 1.165) is 5.75 Å². The van der Waals surface area contributed by atoms with Gasteiger partial charge in [0.2, 0.25) is 0 Å². The van der Waals surface area contributed by atoms with Crippen LogP contribution in [0.3, 0.4) is 0 Å². The molecule has 1 rings (SSSR count). The Balaban J connectivity index is 2.69. The molecular formula is C7H11NS. The Bertz CT molecular complexity index is 181. The molecule has 0 saturated carbocycles. The van der Waals surface area contributed by atoms with E-state index in [1.807, 2.05) is 11.8 Å². The molecule has 0 atom stereocenters. The van der Waals surface area contributed by atoms with Crippen LogP contribution in [-0.4, -0.2) is 10.8 Å². The van der Waals surface area contributed by atoms with E-state index in [-0.39, 0.29) is 0 Å². The van der Waals surface area contributed by atoms with Gasteiger partial charge in [0.1, 0.15) is 0 Å². The molecule has 0 aromatic carbocycles. The lowest BCUT2D eigenvalue weighted by Gasteiger charge is -1.97. The van der Waals surface area contributed by atoms with E-state index in [2.05, 4.69) is 36.2 Å². The number of aromatic nitrogens is 1. The van der Waals surface area contributed by atoms with Crippen LogP contribution in [0, 0.1) is 0 Å². The number of aryl methyl sites for hydroxylation is 1. The lowest BCUT2D eigenvalue weighted by Crippen LogP contribution is -1.90. The van der Waals surface area contributed by atoms with Gasteiger partial charge in [0, 0.05) is 24.7 Å². The molecule has 0 aliphatic carbocycles. The first-order valence-corrected chi connectivity index (χ1v) is 4.33. The molecule has 1 aromatic rings. The highest BCUT2D eigenvalue weighted by atomic mass is 32.2. The van der Waals surface area contributed by atoms with E-state index < -0.39 is 0 Å². The Hall–Kier alpha value is -0.370. The standard InChI is InChI=1S/C7H11NS/c1-8-5-3-4-7(8)6-9-2/h3-5H,6H2,1-2H3. The van der Waals surface area contributed by atoms with Gasteiger partial charge in [-0.3, -0.25) is 0 Å². The molecule has 0 saturated heterocycles. The highest BCUT2D eigenvalue weighted by Crippen LogP contribution is 2.07. The third-order valence-corrected chi connectivity index (χ3v) is 1.93. The van der Waals surface area contributed by atoms with Crippen molar-refractivity contribution in [2.24, 2.45) is 7.05 Å². The molecule has 1 aromatic heterocycles. The van der Waals surface area contributed by atoms with Crippen LogP contribution in [0.5, 0.6) is 0 Å². The molecule has 0 fully saturated rings. The summed E-state index contributed by atoms with van der Waals surface area (Å²) in [5.74, 6) is 1.11. The van der Waals surface area contributed by atoms with E-state index in [1.165, 1.54) is 5.69 Å². The van der Waals surface area contributed by atoms with Gasteiger partial charge in [0.15, 0.2) is 0 Å². The first-order valence-electron chi connectivity index (χ1n) is 2.93. The third kappa shape index (κ3) is 1.52. The summed E-state index contributed by atoms with van der Waals surface area (Å²) in [6, 6.07) is 4.22. The lowest BCUT2D eigenvalue weighted by molar-refractivity contribution is 0.875. The van der Waals surface area contributed by atoms with Gasteiger partial charge < -0.3 is 4.57 Å².